The number of rotatable bonds is 5. The van der Waals surface area contributed by atoms with Crippen molar-refractivity contribution in [1.29, 1.82) is 0 Å². The Morgan fingerprint density at radius 3 is 2.73 bits per heavy atom. The molecule has 134 valence electrons. The summed E-state index contributed by atoms with van der Waals surface area (Å²) in [6, 6.07) is 7.35. The quantitative estimate of drug-likeness (QED) is 0.714. The second-order valence-corrected chi connectivity index (χ2v) is 6.08. The van der Waals surface area contributed by atoms with Crippen molar-refractivity contribution in [3.63, 3.8) is 0 Å². The second-order valence-electron chi connectivity index (χ2n) is 6.08. The van der Waals surface area contributed by atoms with Gasteiger partial charge in [-0.15, -0.1) is 0 Å². The summed E-state index contributed by atoms with van der Waals surface area (Å²) in [5.41, 5.74) is 2.77. The van der Waals surface area contributed by atoms with E-state index in [-0.39, 0.29) is 12.3 Å². The predicted octanol–water partition coefficient (Wildman–Crippen LogP) is 2.67. The van der Waals surface area contributed by atoms with Crippen LogP contribution in [0.15, 0.2) is 45.9 Å². The molecule has 0 radical (unpaired) electrons. The minimum Gasteiger partial charge on any atom is -0.496 e. The van der Waals surface area contributed by atoms with Crippen LogP contribution in [0.1, 0.15) is 22.3 Å². The third kappa shape index (κ3) is 3.44. The van der Waals surface area contributed by atoms with Crippen molar-refractivity contribution in [3.8, 4) is 5.75 Å². The Bertz CT molecular complexity index is 1010. The molecule has 0 saturated carbocycles. The van der Waals surface area contributed by atoms with E-state index in [1.54, 1.807) is 25.6 Å². The maximum atomic E-state index is 12.4. The van der Waals surface area contributed by atoms with E-state index in [0.717, 1.165) is 22.1 Å². The van der Waals surface area contributed by atoms with Crippen molar-refractivity contribution in [3.05, 3.63) is 69.3 Å². The SMILES string of the molecule is COc1ccc2c(C)c(CC(=O)NCc3cccnc3)c(=O)oc2c1C. The van der Waals surface area contributed by atoms with Crippen LogP contribution in [0.4, 0.5) is 0 Å². The fraction of sp³-hybridized carbons (Fsp3) is 0.250. The molecular weight excluding hydrogens is 332 g/mol. The molecule has 0 unspecified atom stereocenters. The lowest BCUT2D eigenvalue weighted by atomic mass is 10.0. The number of pyridine rings is 1. The molecule has 1 N–H and O–H groups in total. The molecule has 0 aliphatic carbocycles. The van der Waals surface area contributed by atoms with Gasteiger partial charge in [0.1, 0.15) is 11.3 Å². The molecule has 6 heteroatoms. The van der Waals surface area contributed by atoms with E-state index in [9.17, 15) is 9.59 Å². The monoisotopic (exact) mass is 352 g/mol. The number of amides is 1. The number of carbonyl (C=O) groups is 1. The lowest BCUT2D eigenvalue weighted by molar-refractivity contribution is -0.120. The van der Waals surface area contributed by atoms with Crippen LogP contribution in [0.3, 0.4) is 0 Å². The molecule has 3 rings (SSSR count). The third-order valence-electron chi connectivity index (χ3n) is 4.42. The summed E-state index contributed by atoms with van der Waals surface area (Å²) < 4.78 is 10.8. The van der Waals surface area contributed by atoms with Gasteiger partial charge in [0.25, 0.3) is 0 Å². The Balaban J connectivity index is 1.86. The molecule has 0 saturated heterocycles. The minimum atomic E-state index is -0.497. The van der Waals surface area contributed by atoms with E-state index >= 15 is 0 Å². The number of aromatic nitrogens is 1. The normalized spacial score (nSPS) is 10.7. The van der Waals surface area contributed by atoms with E-state index < -0.39 is 5.63 Å². The van der Waals surface area contributed by atoms with Gasteiger partial charge < -0.3 is 14.5 Å². The highest BCUT2D eigenvalue weighted by molar-refractivity contribution is 5.87. The molecule has 0 spiro atoms. The zero-order valence-corrected chi connectivity index (χ0v) is 15.0. The van der Waals surface area contributed by atoms with Crippen LogP contribution in [0, 0.1) is 13.8 Å². The Kier molecular flexibility index (Phi) is 5.02. The number of aryl methyl sites for hydroxylation is 2. The minimum absolute atomic E-state index is 0.0323. The Morgan fingerprint density at radius 2 is 2.04 bits per heavy atom. The molecule has 0 fully saturated rings. The fourth-order valence-electron chi connectivity index (χ4n) is 2.92. The first kappa shape index (κ1) is 17.7. The van der Waals surface area contributed by atoms with Gasteiger partial charge in [0.05, 0.1) is 19.1 Å². The van der Waals surface area contributed by atoms with E-state index in [2.05, 4.69) is 10.3 Å². The van der Waals surface area contributed by atoms with Crippen LogP contribution in [-0.4, -0.2) is 18.0 Å². The van der Waals surface area contributed by atoms with Crippen LogP contribution < -0.4 is 15.7 Å². The highest BCUT2D eigenvalue weighted by Gasteiger charge is 2.17. The van der Waals surface area contributed by atoms with Crippen LogP contribution in [0.25, 0.3) is 11.0 Å². The van der Waals surface area contributed by atoms with Gasteiger partial charge in [-0.2, -0.15) is 0 Å². The van der Waals surface area contributed by atoms with Gasteiger partial charge in [-0.3, -0.25) is 9.78 Å². The highest BCUT2D eigenvalue weighted by Crippen LogP contribution is 2.29. The maximum absolute atomic E-state index is 12.4. The first-order valence-corrected chi connectivity index (χ1v) is 8.26. The van der Waals surface area contributed by atoms with Crippen molar-refractivity contribution in [2.45, 2.75) is 26.8 Å². The summed E-state index contributed by atoms with van der Waals surface area (Å²) in [6.07, 6.45) is 3.33. The van der Waals surface area contributed by atoms with E-state index in [4.69, 9.17) is 9.15 Å². The average molecular weight is 352 g/mol. The molecule has 1 aromatic carbocycles. The summed E-state index contributed by atoms with van der Waals surface area (Å²) >= 11 is 0. The molecule has 0 aliphatic heterocycles. The Hall–Kier alpha value is -3.15. The van der Waals surface area contributed by atoms with Crippen molar-refractivity contribution in [2.24, 2.45) is 0 Å². The second kappa shape index (κ2) is 7.39. The summed E-state index contributed by atoms with van der Waals surface area (Å²) in [5, 5.41) is 3.60. The zero-order chi connectivity index (χ0) is 18.7. The summed E-state index contributed by atoms with van der Waals surface area (Å²) in [6.45, 7) is 4.03. The van der Waals surface area contributed by atoms with E-state index in [1.807, 2.05) is 32.0 Å². The largest absolute Gasteiger partial charge is 0.496 e. The lowest BCUT2D eigenvalue weighted by Gasteiger charge is -2.11. The van der Waals surface area contributed by atoms with Gasteiger partial charge in [-0.05, 0) is 43.2 Å². The van der Waals surface area contributed by atoms with Crippen molar-refractivity contribution < 1.29 is 13.9 Å². The van der Waals surface area contributed by atoms with Crippen molar-refractivity contribution >= 4 is 16.9 Å². The number of methoxy groups -OCH3 is 1. The topological polar surface area (TPSA) is 81.4 Å². The Labute approximate surface area is 150 Å². The third-order valence-corrected chi connectivity index (χ3v) is 4.42. The zero-order valence-electron chi connectivity index (χ0n) is 15.0. The van der Waals surface area contributed by atoms with Gasteiger partial charge in [-0.1, -0.05) is 6.07 Å². The number of ether oxygens (including phenoxy) is 1. The molecule has 2 aromatic heterocycles. The highest BCUT2D eigenvalue weighted by atomic mass is 16.5. The fourth-order valence-corrected chi connectivity index (χ4v) is 2.92. The number of nitrogens with zero attached hydrogens (tertiary/aromatic N) is 1. The first-order chi connectivity index (χ1) is 12.5. The number of benzene rings is 1. The van der Waals surface area contributed by atoms with E-state index in [1.165, 1.54) is 0 Å². The molecule has 3 aromatic rings. The maximum Gasteiger partial charge on any atom is 0.340 e. The molecular formula is C20H20N2O4. The summed E-state index contributed by atoms with van der Waals surface area (Å²) in [4.78, 5) is 28.7. The number of nitrogens with one attached hydrogen (secondary N) is 1. The molecule has 0 aliphatic rings. The standard InChI is InChI=1S/C20H20N2O4/c1-12-15-6-7-17(25-3)13(2)19(15)26-20(24)16(12)9-18(23)22-11-14-5-4-8-21-10-14/h4-8,10H,9,11H2,1-3H3,(H,22,23). The van der Waals surface area contributed by atoms with Crippen molar-refractivity contribution in [2.75, 3.05) is 7.11 Å². The molecule has 2 heterocycles. The number of hydrogen-bond donors (Lipinski definition) is 1. The number of fused-ring (bicyclic) bond motifs is 1. The van der Waals surface area contributed by atoms with Crippen LogP contribution in [0.5, 0.6) is 5.75 Å². The average Bonchev–Trinajstić information content (AvgIpc) is 2.65. The summed E-state index contributed by atoms with van der Waals surface area (Å²) in [5.74, 6) is 0.413. The molecule has 1 amide bonds. The molecule has 6 nitrogen and oxygen atoms in total. The number of carbonyl (C=O) groups excluding carboxylic acids is 1. The van der Waals surface area contributed by atoms with Gasteiger partial charge in [0, 0.05) is 29.9 Å². The predicted molar refractivity (Wildman–Crippen MR) is 98.3 cm³/mol. The van der Waals surface area contributed by atoms with Gasteiger partial charge in [0.15, 0.2) is 0 Å². The van der Waals surface area contributed by atoms with Crippen LogP contribution in [0.2, 0.25) is 0 Å². The first-order valence-electron chi connectivity index (χ1n) is 8.26. The van der Waals surface area contributed by atoms with Crippen molar-refractivity contribution in [1.82, 2.24) is 10.3 Å². The lowest BCUT2D eigenvalue weighted by Crippen LogP contribution is -2.27. The molecule has 0 bridgehead atoms. The van der Waals surface area contributed by atoms with Crippen LogP contribution >= 0.6 is 0 Å². The van der Waals surface area contributed by atoms with Gasteiger partial charge in [0.2, 0.25) is 5.91 Å². The van der Waals surface area contributed by atoms with Crippen LogP contribution in [-0.2, 0) is 17.8 Å². The molecule has 26 heavy (non-hydrogen) atoms. The van der Waals surface area contributed by atoms with Gasteiger partial charge in [-0.25, -0.2) is 4.79 Å². The number of hydrogen-bond acceptors (Lipinski definition) is 5. The Morgan fingerprint density at radius 1 is 1.23 bits per heavy atom. The summed E-state index contributed by atoms with van der Waals surface area (Å²) in [7, 11) is 1.57. The van der Waals surface area contributed by atoms with E-state index in [0.29, 0.717) is 23.4 Å². The molecule has 0 atom stereocenters. The van der Waals surface area contributed by atoms with Gasteiger partial charge >= 0.3 is 5.63 Å². The smallest absolute Gasteiger partial charge is 0.340 e.